The maximum atomic E-state index is 12.8. The van der Waals surface area contributed by atoms with Crippen molar-refractivity contribution in [2.24, 2.45) is 0 Å². The number of alkyl halides is 3. The van der Waals surface area contributed by atoms with E-state index in [9.17, 15) is 18.0 Å². The molecule has 9 heteroatoms. The summed E-state index contributed by atoms with van der Waals surface area (Å²) in [5.41, 5.74) is 2.04. The molecule has 160 valence electrons. The van der Waals surface area contributed by atoms with Crippen LogP contribution in [0.4, 0.5) is 13.2 Å². The molecule has 2 heterocycles. The zero-order chi connectivity index (χ0) is 22.2. The van der Waals surface area contributed by atoms with Crippen molar-refractivity contribution < 1.29 is 27.5 Å². The van der Waals surface area contributed by atoms with Gasteiger partial charge in [-0.15, -0.1) is 0 Å². The van der Waals surface area contributed by atoms with E-state index >= 15 is 0 Å². The first kappa shape index (κ1) is 20.6. The molecule has 0 saturated heterocycles. The van der Waals surface area contributed by atoms with E-state index in [-0.39, 0.29) is 18.9 Å². The Balaban J connectivity index is 1.59. The van der Waals surface area contributed by atoms with Gasteiger partial charge in [0.1, 0.15) is 12.3 Å². The summed E-state index contributed by atoms with van der Waals surface area (Å²) in [4.78, 5) is 15.2. The Labute approximate surface area is 174 Å². The lowest BCUT2D eigenvalue weighted by Gasteiger charge is -2.06. The van der Waals surface area contributed by atoms with Gasteiger partial charge >= 0.3 is 12.1 Å². The lowest BCUT2D eigenvalue weighted by atomic mass is 10.1. The minimum Gasteiger partial charge on any atom is -0.481 e. The first-order valence-electron chi connectivity index (χ1n) is 9.51. The average molecular weight is 429 g/mol. The number of carboxylic acid groups (broad SMARTS) is 1. The van der Waals surface area contributed by atoms with Gasteiger partial charge in [-0.2, -0.15) is 18.3 Å². The molecular formula is C22H18F3N3O3. The molecule has 31 heavy (non-hydrogen) atoms. The van der Waals surface area contributed by atoms with Crippen LogP contribution in [0.25, 0.3) is 22.4 Å². The molecule has 4 aromatic rings. The zero-order valence-electron chi connectivity index (χ0n) is 16.5. The number of fused-ring (bicyclic) bond motifs is 1. The molecule has 0 aliphatic heterocycles. The summed E-state index contributed by atoms with van der Waals surface area (Å²) in [7, 11) is 0. The van der Waals surface area contributed by atoms with Crippen LogP contribution < -0.4 is 0 Å². The molecule has 0 aliphatic rings. The van der Waals surface area contributed by atoms with Gasteiger partial charge in [-0.3, -0.25) is 9.48 Å². The normalized spacial score (nSPS) is 11.9. The second-order valence-corrected chi connectivity index (χ2v) is 7.19. The van der Waals surface area contributed by atoms with Crippen LogP contribution in [0.3, 0.4) is 0 Å². The van der Waals surface area contributed by atoms with Crippen molar-refractivity contribution in [2.75, 3.05) is 0 Å². The molecule has 1 N–H and O–H groups in total. The fraction of sp³-hybridized carbons (Fsp3) is 0.227. The lowest BCUT2D eigenvalue weighted by Crippen LogP contribution is -2.03. The Bertz CT molecular complexity index is 1240. The average Bonchev–Trinajstić information content (AvgIpc) is 3.29. The van der Waals surface area contributed by atoms with Crippen molar-refractivity contribution in [2.45, 2.75) is 32.5 Å². The second kappa shape index (κ2) is 7.90. The van der Waals surface area contributed by atoms with Crippen molar-refractivity contribution in [1.29, 1.82) is 0 Å². The highest BCUT2D eigenvalue weighted by Gasteiger charge is 2.30. The predicted molar refractivity (Wildman–Crippen MR) is 106 cm³/mol. The third-order valence-corrected chi connectivity index (χ3v) is 4.98. The molecular weight excluding hydrogens is 411 g/mol. The number of benzene rings is 2. The Morgan fingerprint density at radius 3 is 2.58 bits per heavy atom. The molecule has 2 aromatic heterocycles. The van der Waals surface area contributed by atoms with Gasteiger partial charge in [0.2, 0.25) is 5.89 Å². The van der Waals surface area contributed by atoms with Crippen molar-refractivity contribution in [3.05, 3.63) is 71.2 Å². The maximum Gasteiger partial charge on any atom is 0.416 e. The number of hydrogen-bond donors (Lipinski definition) is 1. The Hall–Kier alpha value is -3.62. The lowest BCUT2D eigenvalue weighted by molar-refractivity contribution is -0.138. The van der Waals surface area contributed by atoms with Crippen molar-refractivity contribution in [3.8, 4) is 11.5 Å². The largest absolute Gasteiger partial charge is 0.481 e. The summed E-state index contributed by atoms with van der Waals surface area (Å²) in [6.07, 6.45) is -2.24. The van der Waals surface area contributed by atoms with Gasteiger partial charge in [-0.25, -0.2) is 4.98 Å². The molecule has 0 saturated carbocycles. The summed E-state index contributed by atoms with van der Waals surface area (Å²) in [6.45, 7) is 2.04. The first-order chi connectivity index (χ1) is 14.7. The third kappa shape index (κ3) is 4.45. The molecule has 0 bridgehead atoms. The molecule has 6 nitrogen and oxygen atoms in total. The van der Waals surface area contributed by atoms with Crippen LogP contribution in [-0.2, 0) is 23.9 Å². The Morgan fingerprint density at radius 1 is 1.16 bits per heavy atom. The van der Waals surface area contributed by atoms with E-state index in [4.69, 9.17) is 9.52 Å². The van der Waals surface area contributed by atoms with Crippen LogP contribution in [-0.4, -0.2) is 25.8 Å². The number of aromatic nitrogens is 3. The number of nitrogens with zero attached hydrogens (tertiary/aromatic N) is 3. The number of oxazole rings is 1. The van der Waals surface area contributed by atoms with E-state index < -0.39 is 17.7 Å². The fourth-order valence-corrected chi connectivity index (χ4v) is 3.28. The third-order valence-electron chi connectivity index (χ3n) is 4.98. The van der Waals surface area contributed by atoms with Crippen LogP contribution >= 0.6 is 0 Å². The summed E-state index contributed by atoms with van der Waals surface area (Å²) in [5, 5.41) is 14.2. The van der Waals surface area contributed by atoms with Crippen LogP contribution in [0.1, 0.15) is 29.0 Å². The molecule has 0 unspecified atom stereocenters. The molecule has 0 fully saturated rings. The summed E-state index contributed by atoms with van der Waals surface area (Å²) in [5.74, 6) is -0.0858. The number of halogens is 3. The highest BCUT2D eigenvalue weighted by atomic mass is 19.4. The van der Waals surface area contributed by atoms with E-state index in [0.717, 1.165) is 28.6 Å². The minimum atomic E-state index is -4.40. The SMILES string of the molecule is Cc1nc(-c2ccc(C(F)(F)F)cc2)oc1Cn1ncc2ccc(CCC(=O)O)cc21. The van der Waals surface area contributed by atoms with Crippen LogP contribution in [0.2, 0.25) is 0 Å². The van der Waals surface area contributed by atoms with Gasteiger partial charge in [0, 0.05) is 17.4 Å². The summed E-state index contributed by atoms with van der Waals surface area (Å²) >= 11 is 0. The topological polar surface area (TPSA) is 81.2 Å². The molecule has 4 rings (SSSR count). The Morgan fingerprint density at radius 2 is 1.90 bits per heavy atom. The van der Waals surface area contributed by atoms with E-state index in [1.165, 1.54) is 12.1 Å². The number of rotatable bonds is 6. The van der Waals surface area contributed by atoms with Crippen molar-refractivity contribution in [1.82, 2.24) is 14.8 Å². The number of carbonyl (C=O) groups is 1. The summed E-state index contributed by atoms with van der Waals surface area (Å²) in [6, 6.07) is 10.3. The van der Waals surface area contributed by atoms with E-state index in [1.807, 2.05) is 18.2 Å². The second-order valence-electron chi connectivity index (χ2n) is 7.19. The minimum absolute atomic E-state index is 0.0390. The van der Waals surface area contributed by atoms with Crippen molar-refractivity contribution >= 4 is 16.9 Å². The van der Waals surface area contributed by atoms with Gasteiger partial charge in [-0.1, -0.05) is 12.1 Å². The van der Waals surface area contributed by atoms with Gasteiger partial charge in [0.15, 0.2) is 0 Å². The standard InChI is InChI=1S/C22H18F3N3O3/c1-13-19(31-21(27-13)15-5-7-17(8-6-15)22(23,24)25)12-28-18-10-14(3-9-20(29)30)2-4-16(18)11-26-28/h2,4-8,10-11H,3,9,12H2,1H3,(H,29,30). The van der Waals surface area contributed by atoms with E-state index in [2.05, 4.69) is 10.1 Å². The van der Waals surface area contributed by atoms with Crippen LogP contribution in [0.5, 0.6) is 0 Å². The highest BCUT2D eigenvalue weighted by molar-refractivity contribution is 5.79. The van der Waals surface area contributed by atoms with Crippen molar-refractivity contribution in [3.63, 3.8) is 0 Å². The number of carboxylic acids is 1. The highest BCUT2D eigenvalue weighted by Crippen LogP contribution is 2.31. The monoisotopic (exact) mass is 429 g/mol. The van der Waals surface area contributed by atoms with Gasteiger partial charge in [0.25, 0.3) is 0 Å². The fourth-order valence-electron chi connectivity index (χ4n) is 3.28. The van der Waals surface area contributed by atoms with Gasteiger partial charge in [-0.05, 0) is 49.2 Å². The smallest absolute Gasteiger partial charge is 0.416 e. The maximum absolute atomic E-state index is 12.8. The number of aliphatic carboxylic acids is 1. The van der Waals surface area contributed by atoms with E-state index in [1.54, 1.807) is 17.8 Å². The van der Waals surface area contributed by atoms with Crippen LogP contribution in [0.15, 0.2) is 53.1 Å². The zero-order valence-corrected chi connectivity index (χ0v) is 16.5. The number of hydrogen-bond acceptors (Lipinski definition) is 4. The van der Waals surface area contributed by atoms with Crippen LogP contribution in [0, 0.1) is 6.92 Å². The molecule has 0 aliphatic carbocycles. The van der Waals surface area contributed by atoms with Gasteiger partial charge < -0.3 is 9.52 Å². The summed E-state index contributed by atoms with van der Waals surface area (Å²) < 4.78 is 45.9. The van der Waals surface area contributed by atoms with Gasteiger partial charge in [0.05, 0.1) is 23.0 Å². The Kier molecular flexibility index (Phi) is 5.26. The molecule has 0 radical (unpaired) electrons. The molecule has 0 atom stereocenters. The quantitative estimate of drug-likeness (QED) is 0.462. The molecule has 0 spiro atoms. The molecule has 0 amide bonds. The predicted octanol–water partition coefficient (Wildman–Crippen LogP) is 5.08. The number of aryl methyl sites for hydroxylation is 2. The van der Waals surface area contributed by atoms with E-state index in [0.29, 0.717) is 23.4 Å². The first-order valence-corrected chi connectivity index (χ1v) is 9.51. The molecule has 2 aromatic carbocycles.